The van der Waals surface area contributed by atoms with Crippen LogP contribution >= 0.6 is 0 Å². The minimum atomic E-state index is -2.01. The summed E-state index contributed by atoms with van der Waals surface area (Å²) in [6.07, 6.45) is 2.36. The normalized spacial score (nSPS) is 13.6. The highest BCUT2D eigenvalue weighted by Gasteiger charge is 2.42. The molecule has 136 valence electrons. The van der Waals surface area contributed by atoms with Gasteiger partial charge in [-0.3, -0.25) is 4.79 Å². The Bertz CT molecular complexity index is 655. The van der Waals surface area contributed by atoms with Gasteiger partial charge in [-0.05, 0) is 30.5 Å². The molecule has 0 amide bonds. The Morgan fingerprint density at radius 3 is 2.24 bits per heavy atom. The summed E-state index contributed by atoms with van der Waals surface area (Å²) in [6.45, 7) is 19.1. The van der Waals surface area contributed by atoms with Crippen molar-refractivity contribution in [2.24, 2.45) is 5.41 Å². The Balaban J connectivity index is 3.15. The SMILES string of the molecule is C=CCC(C)(C)C(C#CC(=O)c1ccccc1)O[Si](C)(C)C(C)(C)C. The highest BCUT2D eigenvalue weighted by Crippen LogP contribution is 2.40. The first kappa shape index (κ1) is 21.4. The fourth-order valence-electron chi connectivity index (χ4n) is 2.13. The van der Waals surface area contributed by atoms with Crippen LogP contribution < -0.4 is 0 Å². The monoisotopic (exact) mass is 356 g/mol. The van der Waals surface area contributed by atoms with E-state index >= 15 is 0 Å². The summed E-state index contributed by atoms with van der Waals surface area (Å²) in [6, 6.07) is 9.16. The Morgan fingerprint density at radius 1 is 1.20 bits per heavy atom. The topological polar surface area (TPSA) is 26.3 Å². The molecule has 3 heteroatoms. The summed E-state index contributed by atoms with van der Waals surface area (Å²) in [5, 5.41) is 0.0840. The van der Waals surface area contributed by atoms with Gasteiger partial charge in [-0.15, -0.1) is 6.58 Å². The van der Waals surface area contributed by atoms with E-state index in [1.165, 1.54) is 0 Å². The zero-order valence-corrected chi connectivity index (χ0v) is 17.8. The molecule has 0 saturated heterocycles. The van der Waals surface area contributed by atoms with Crippen LogP contribution in [0.5, 0.6) is 0 Å². The summed E-state index contributed by atoms with van der Waals surface area (Å²) >= 11 is 0. The van der Waals surface area contributed by atoms with E-state index in [1.54, 1.807) is 12.1 Å². The number of benzene rings is 1. The van der Waals surface area contributed by atoms with Crippen molar-refractivity contribution in [1.29, 1.82) is 0 Å². The van der Waals surface area contributed by atoms with Gasteiger partial charge in [0.15, 0.2) is 8.32 Å². The van der Waals surface area contributed by atoms with Crippen LogP contribution in [0.1, 0.15) is 51.4 Å². The van der Waals surface area contributed by atoms with Crippen LogP contribution in [-0.2, 0) is 4.43 Å². The third kappa shape index (κ3) is 5.99. The Morgan fingerprint density at radius 2 is 1.76 bits per heavy atom. The van der Waals surface area contributed by atoms with Crippen molar-refractivity contribution in [1.82, 2.24) is 0 Å². The third-order valence-electron chi connectivity index (χ3n) is 4.95. The van der Waals surface area contributed by atoms with Gasteiger partial charge in [-0.1, -0.05) is 76.9 Å². The average molecular weight is 357 g/mol. The van der Waals surface area contributed by atoms with Gasteiger partial charge >= 0.3 is 0 Å². The van der Waals surface area contributed by atoms with Crippen LogP contribution in [0, 0.1) is 17.3 Å². The number of carbonyl (C=O) groups is 1. The van der Waals surface area contributed by atoms with Gasteiger partial charge in [0.05, 0.1) is 0 Å². The van der Waals surface area contributed by atoms with E-state index in [4.69, 9.17) is 4.43 Å². The fourth-order valence-corrected chi connectivity index (χ4v) is 3.45. The number of hydrogen-bond acceptors (Lipinski definition) is 2. The quantitative estimate of drug-likeness (QED) is 0.210. The molecule has 1 rings (SSSR count). The van der Waals surface area contributed by atoms with Gasteiger partial charge in [-0.25, -0.2) is 0 Å². The zero-order valence-electron chi connectivity index (χ0n) is 16.8. The van der Waals surface area contributed by atoms with Crippen LogP contribution in [0.2, 0.25) is 18.1 Å². The second-order valence-electron chi connectivity index (χ2n) is 8.70. The molecular formula is C22H32O2Si. The van der Waals surface area contributed by atoms with Gasteiger partial charge in [0, 0.05) is 11.0 Å². The molecule has 0 aliphatic rings. The Kier molecular flexibility index (Phi) is 6.99. The van der Waals surface area contributed by atoms with E-state index in [0.29, 0.717) is 5.56 Å². The van der Waals surface area contributed by atoms with Crippen LogP contribution in [-0.4, -0.2) is 20.2 Å². The lowest BCUT2D eigenvalue weighted by Gasteiger charge is -2.42. The summed E-state index contributed by atoms with van der Waals surface area (Å²) in [4.78, 5) is 12.4. The molecule has 1 aromatic carbocycles. The van der Waals surface area contributed by atoms with Crippen molar-refractivity contribution in [3.8, 4) is 11.8 Å². The van der Waals surface area contributed by atoms with E-state index in [0.717, 1.165) is 6.42 Å². The second-order valence-corrected chi connectivity index (χ2v) is 13.5. The van der Waals surface area contributed by atoms with E-state index in [9.17, 15) is 4.79 Å². The molecule has 0 radical (unpaired) electrons. The first-order valence-corrected chi connectivity index (χ1v) is 11.7. The lowest BCUT2D eigenvalue weighted by atomic mass is 9.83. The largest absolute Gasteiger partial charge is 0.403 e. The first-order chi connectivity index (χ1) is 11.4. The van der Waals surface area contributed by atoms with Crippen molar-refractivity contribution in [2.45, 2.75) is 65.3 Å². The van der Waals surface area contributed by atoms with Crippen LogP contribution in [0.4, 0.5) is 0 Å². The number of rotatable bonds is 6. The Hall–Kier alpha value is -1.63. The number of Topliss-reactive ketones (excluding diaryl/α,β-unsaturated/α-hetero) is 1. The van der Waals surface area contributed by atoms with Gasteiger partial charge in [-0.2, -0.15) is 0 Å². The standard InChI is InChI=1S/C22H32O2Si/c1-9-17-22(5,6)20(24-25(7,8)21(2,3)4)16-15-19(23)18-13-11-10-12-14-18/h9-14,20H,1,17H2,2-8H3. The highest BCUT2D eigenvalue weighted by atomic mass is 28.4. The second kappa shape index (κ2) is 8.16. The van der Waals surface area contributed by atoms with Gasteiger partial charge in [0.2, 0.25) is 5.78 Å². The van der Waals surface area contributed by atoms with Crippen molar-refractivity contribution < 1.29 is 9.22 Å². The molecule has 0 aliphatic heterocycles. The van der Waals surface area contributed by atoms with Crippen molar-refractivity contribution in [2.75, 3.05) is 0 Å². The molecule has 0 bridgehead atoms. The lowest BCUT2D eigenvalue weighted by molar-refractivity contribution is 0.103. The molecule has 0 N–H and O–H groups in total. The van der Waals surface area contributed by atoms with Gasteiger partial charge in [0.1, 0.15) is 6.10 Å². The minimum absolute atomic E-state index is 0.0840. The van der Waals surface area contributed by atoms with E-state index in [2.05, 4.69) is 66.1 Å². The molecule has 1 atom stereocenters. The molecule has 2 nitrogen and oxygen atoms in total. The van der Waals surface area contributed by atoms with E-state index < -0.39 is 8.32 Å². The van der Waals surface area contributed by atoms with Crippen molar-refractivity contribution in [3.05, 3.63) is 48.6 Å². The summed E-state index contributed by atoms with van der Waals surface area (Å²) < 4.78 is 6.57. The maximum Gasteiger partial charge on any atom is 0.235 e. The molecule has 25 heavy (non-hydrogen) atoms. The van der Waals surface area contributed by atoms with E-state index in [-0.39, 0.29) is 22.3 Å². The first-order valence-electron chi connectivity index (χ1n) is 8.80. The number of carbonyl (C=O) groups excluding carboxylic acids is 1. The maximum atomic E-state index is 12.4. The van der Waals surface area contributed by atoms with Gasteiger partial charge in [0.25, 0.3) is 0 Å². The summed E-state index contributed by atoms with van der Waals surface area (Å²) in [5.74, 6) is 5.78. The molecule has 0 heterocycles. The summed E-state index contributed by atoms with van der Waals surface area (Å²) in [5.41, 5.74) is 0.406. The van der Waals surface area contributed by atoms with Crippen LogP contribution in [0.25, 0.3) is 0 Å². The fraction of sp³-hybridized carbons (Fsp3) is 0.500. The number of hydrogen-bond donors (Lipinski definition) is 0. The van der Waals surface area contributed by atoms with Gasteiger partial charge < -0.3 is 4.43 Å². The molecule has 0 aromatic heterocycles. The lowest BCUT2D eigenvalue weighted by Crippen LogP contribution is -2.47. The zero-order chi connectivity index (χ0) is 19.3. The highest BCUT2D eigenvalue weighted by molar-refractivity contribution is 6.74. The average Bonchev–Trinajstić information content (AvgIpc) is 2.50. The minimum Gasteiger partial charge on any atom is -0.403 e. The van der Waals surface area contributed by atoms with E-state index in [1.807, 2.05) is 24.3 Å². The predicted octanol–water partition coefficient (Wildman–Crippen LogP) is 5.87. The molecule has 0 saturated carbocycles. The third-order valence-corrected chi connectivity index (χ3v) is 9.39. The molecule has 0 spiro atoms. The van der Waals surface area contributed by atoms with Crippen molar-refractivity contribution in [3.63, 3.8) is 0 Å². The molecular weight excluding hydrogens is 324 g/mol. The predicted molar refractivity (Wildman–Crippen MR) is 109 cm³/mol. The number of ketones is 1. The van der Waals surface area contributed by atoms with Crippen molar-refractivity contribution >= 4 is 14.1 Å². The molecule has 1 unspecified atom stereocenters. The molecule has 1 aromatic rings. The Labute approximate surface area is 154 Å². The smallest absolute Gasteiger partial charge is 0.235 e. The van der Waals surface area contributed by atoms with Crippen LogP contribution in [0.15, 0.2) is 43.0 Å². The summed E-state index contributed by atoms with van der Waals surface area (Å²) in [7, 11) is -2.01. The maximum absolute atomic E-state index is 12.4. The molecule has 0 fully saturated rings. The van der Waals surface area contributed by atoms with Crippen LogP contribution in [0.3, 0.4) is 0 Å². The molecule has 0 aliphatic carbocycles. The number of allylic oxidation sites excluding steroid dienone is 1.